The fraction of sp³-hybridized carbons (Fsp3) is 1.00. The maximum Gasteiger partial charge on any atom is 0.472 e. The monoisotopic (exact) mass is 686 g/mol. The normalized spacial score (nSPS) is 30.9. The zero-order valence-corrected chi connectivity index (χ0v) is 24.0. The Kier molecular flexibility index (Phi) is 12.5. The molecule has 0 radical (unpaired) electrons. The first-order chi connectivity index (χ1) is 16.7. The lowest BCUT2D eigenvalue weighted by Crippen LogP contribution is -2.64. The van der Waals surface area contributed by atoms with Gasteiger partial charge in [0.05, 0.1) is 6.16 Å². The van der Waals surface area contributed by atoms with Crippen LogP contribution in [0.4, 0.5) is 0 Å². The van der Waals surface area contributed by atoms with Crippen LogP contribution < -0.4 is 0 Å². The van der Waals surface area contributed by atoms with Crippen molar-refractivity contribution in [3.05, 3.63) is 0 Å². The highest BCUT2D eigenvalue weighted by molar-refractivity contribution is 7.51. The molecule has 1 aliphatic carbocycles. The van der Waals surface area contributed by atoms with E-state index >= 15 is 0 Å². The van der Waals surface area contributed by atoms with Crippen LogP contribution in [-0.2, 0) is 59.1 Å². The van der Waals surface area contributed by atoms with Gasteiger partial charge in [0, 0.05) is 20.1 Å². The number of rotatable bonds is 14. The summed E-state index contributed by atoms with van der Waals surface area (Å²) in [5, 5.41) is 0. The molecule has 23 nitrogen and oxygen atoms in total. The van der Waals surface area contributed by atoms with E-state index < -0.39 is 89.3 Å². The van der Waals surface area contributed by atoms with Crippen LogP contribution in [0.3, 0.4) is 0 Å². The van der Waals surface area contributed by atoms with Gasteiger partial charge in [0.15, 0.2) is 0 Å². The minimum atomic E-state index is -5.93. The minimum Gasteiger partial charge on any atom is -0.324 e. The molecule has 1 saturated carbocycles. The molecule has 1 fully saturated rings. The highest BCUT2D eigenvalue weighted by Crippen LogP contribution is 2.59. The van der Waals surface area contributed by atoms with Gasteiger partial charge < -0.3 is 48.9 Å². The Morgan fingerprint density at radius 2 is 0.737 bits per heavy atom. The Balaban J connectivity index is 4.11. The molecule has 0 aromatic rings. The van der Waals surface area contributed by atoms with Gasteiger partial charge in [-0.15, -0.1) is 0 Å². The molecule has 6 unspecified atom stereocenters. The van der Waals surface area contributed by atoms with Gasteiger partial charge in [-0.25, -0.2) is 22.8 Å². The van der Waals surface area contributed by atoms with Crippen LogP contribution in [0.1, 0.15) is 0 Å². The molecule has 0 saturated heterocycles. The highest BCUT2D eigenvalue weighted by Gasteiger charge is 2.62. The molecule has 1 rings (SSSR count). The van der Waals surface area contributed by atoms with E-state index in [1.165, 1.54) is 0 Å². The summed E-state index contributed by atoms with van der Waals surface area (Å²) in [6.45, 7) is 0. The molecular weight excluding hydrogens is 662 g/mol. The van der Waals surface area contributed by atoms with E-state index in [1.54, 1.807) is 0 Å². The van der Waals surface area contributed by atoms with E-state index in [1.807, 2.05) is 0 Å². The molecule has 29 heteroatoms. The lowest BCUT2D eigenvalue weighted by atomic mass is 9.79. The average molecular weight is 686 g/mol. The van der Waals surface area contributed by atoms with Crippen molar-refractivity contribution in [3.8, 4) is 0 Å². The summed E-state index contributed by atoms with van der Waals surface area (Å²) < 4.78 is 102. The summed E-state index contributed by atoms with van der Waals surface area (Å²) in [7, 11) is -33.0. The second-order valence-corrected chi connectivity index (χ2v) is 15.4. The third kappa shape index (κ3) is 12.7. The smallest absolute Gasteiger partial charge is 0.324 e. The van der Waals surface area contributed by atoms with Crippen LogP contribution in [0.2, 0.25) is 0 Å². The molecule has 0 aromatic carbocycles. The zero-order chi connectivity index (χ0) is 30.1. The zero-order valence-electron chi connectivity index (χ0n) is 18.6. The second-order valence-electron chi connectivity index (χ2n) is 7.14. The predicted molar refractivity (Wildman–Crippen MR) is 115 cm³/mol. The maximum absolute atomic E-state index is 12.2. The van der Waals surface area contributed by atoms with Crippen LogP contribution in [0.15, 0.2) is 0 Å². The lowest BCUT2D eigenvalue weighted by Gasteiger charge is -2.49. The molecule has 228 valence electrons. The average Bonchev–Trinajstić information content (AvgIpc) is 2.66. The number of hydrogen-bond donors (Lipinski definition) is 10. The van der Waals surface area contributed by atoms with Crippen molar-refractivity contribution in [3.63, 3.8) is 0 Å². The van der Waals surface area contributed by atoms with Gasteiger partial charge in [-0.1, -0.05) is 0 Å². The Morgan fingerprint density at radius 1 is 0.474 bits per heavy atom. The summed E-state index contributed by atoms with van der Waals surface area (Å²) >= 11 is 0. The standard InChI is InChI=1S/C9H24O23P6/c1-26-37(22,23)31-5-4(3-33(10,11)12)6(32-38(24,25)27-2)8(29-35(16,17)18)9(30-36(19,20)21)7(5)28-34(13,14)15/h4-9H,3H2,1-2H3,(H,22,23)(H,24,25)(H2,10,11,12)(H2,13,14,15)(H2,16,17,18)(H2,19,20,21). The van der Waals surface area contributed by atoms with E-state index in [0.29, 0.717) is 14.2 Å². The van der Waals surface area contributed by atoms with E-state index in [9.17, 15) is 76.3 Å². The van der Waals surface area contributed by atoms with Crippen LogP contribution in [-0.4, -0.2) is 99.8 Å². The van der Waals surface area contributed by atoms with Crippen molar-refractivity contribution >= 4 is 46.7 Å². The van der Waals surface area contributed by atoms with Gasteiger partial charge in [-0.3, -0.25) is 36.2 Å². The molecular formula is C9H24O23P6. The Morgan fingerprint density at radius 3 is 0.947 bits per heavy atom. The molecule has 0 spiro atoms. The van der Waals surface area contributed by atoms with Crippen LogP contribution in [0.25, 0.3) is 0 Å². The van der Waals surface area contributed by atoms with Crippen LogP contribution in [0.5, 0.6) is 0 Å². The van der Waals surface area contributed by atoms with Crippen molar-refractivity contribution in [2.45, 2.75) is 30.5 Å². The summed E-state index contributed by atoms with van der Waals surface area (Å²) in [4.78, 5) is 94.6. The molecule has 0 amide bonds. The number of phosphoric acid groups is 5. The topological polar surface area (TPSA) is 369 Å². The lowest BCUT2D eigenvalue weighted by molar-refractivity contribution is -0.182. The van der Waals surface area contributed by atoms with Gasteiger partial charge in [0.1, 0.15) is 30.5 Å². The van der Waals surface area contributed by atoms with Gasteiger partial charge in [0.25, 0.3) is 0 Å². The van der Waals surface area contributed by atoms with Gasteiger partial charge in [-0.05, 0) is 0 Å². The largest absolute Gasteiger partial charge is 0.472 e. The quantitative estimate of drug-likeness (QED) is 0.0928. The fourth-order valence-electron chi connectivity index (χ4n) is 3.22. The SMILES string of the molecule is COP(=O)(O)OC1C(CP(=O)(O)O)C(OP(=O)(O)OC)C(OP(=O)(O)O)C(OP(=O)(O)O)C1OP(=O)(O)O. The summed E-state index contributed by atoms with van der Waals surface area (Å²) in [6, 6.07) is 0. The number of phosphoric ester groups is 5. The minimum absolute atomic E-state index is 0.532. The van der Waals surface area contributed by atoms with Crippen molar-refractivity contribution < 1.29 is 108 Å². The maximum atomic E-state index is 12.2. The van der Waals surface area contributed by atoms with Crippen molar-refractivity contribution in [1.29, 1.82) is 0 Å². The van der Waals surface area contributed by atoms with Gasteiger partial charge in [0.2, 0.25) is 0 Å². The van der Waals surface area contributed by atoms with E-state index in [2.05, 4.69) is 31.7 Å². The molecule has 0 bridgehead atoms. The van der Waals surface area contributed by atoms with Crippen LogP contribution >= 0.6 is 46.7 Å². The first-order valence-electron chi connectivity index (χ1n) is 9.09. The van der Waals surface area contributed by atoms with Crippen LogP contribution in [0, 0.1) is 5.92 Å². The van der Waals surface area contributed by atoms with E-state index in [-0.39, 0.29) is 0 Å². The second kappa shape index (κ2) is 12.9. The van der Waals surface area contributed by atoms with Crippen molar-refractivity contribution in [2.75, 3.05) is 20.4 Å². The van der Waals surface area contributed by atoms with Gasteiger partial charge in [-0.2, -0.15) is 0 Å². The molecule has 6 atom stereocenters. The van der Waals surface area contributed by atoms with Crippen molar-refractivity contribution in [2.24, 2.45) is 5.92 Å². The molecule has 10 N–H and O–H groups in total. The Labute approximate surface area is 212 Å². The fourth-order valence-corrected chi connectivity index (χ4v) is 7.20. The highest BCUT2D eigenvalue weighted by atomic mass is 31.2. The molecule has 1 aliphatic rings. The summed E-state index contributed by atoms with van der Waals surface area (Å²) in [6.07, 6.45) is -15.9. The summed E-state index contributed by atoms with van der Waals surface area (Å²) in [5.74, 6) is -2.48. The molecule has 0 heterocycles. The predicted octanol–water partition coefficient (Wildman–Crippen LogP) is -1.51. The van der Waals surface area contributed by atoms with E-state index in [0.717, 1.165) is 0 Å². The Hall–Kier alpha value is 0.700. The van der Waals surface area contributed by atoms with Gasteiger partial charge >= 0.3 is 46.7 Å². The first kappa shape index (κ1) is 36.7. The molecule has 38 heavy (non-hydrogen) atoms. The molecule has 0 aliphatic heterocycles. The summed E-state index contributed by atoms with van der Waals surface area (Å²) in [5.41, 5.74) is 0. The third-order valence-corrected chi connectivity index (χ3v) is 8.73. The van der Waals surface area contributed by atoms with Crippen molar-refractivity contribution in [1.82, 2.24) is 0 Å². The first-order valence-corrected chi connectivity index (χ1v) is 18.5. The van der Waals surface area contributed by atoms with E-state index in [4.69, 9.17) is 0 Å². The molecule has 0 aromatic heterocycles. The Bertz CT molecular complexity index is 1030. The number of hydrogen-bond acceptors (Lipinski definition) is 13. The third-order valence-electron chi connectivity index (χ3n) is 4.34.